The molecule has 0 saturated carbocycles. The van der Waals surface area contributed by atoms with Crippen LogP contribution in [0.3, 0.4) is 0 Å². The highest BCUT2D eigenvalue weighted by Crippen LogP contribution is 2.25. The van der Waals surface area contributed by atoms with Gasteiger partial charge in [-0.05, 0) is 41.5 Å². The molecule has 2 fully saturated rings. The minimum Gasteiger partial charge on any atom is -0.378 e. The molecule has 21 heavy (non-hydrogen) atoms. The Morgan fingerprint density at radius 1 is 1.29 bits per heavy atom. The molecule has 0 radical (unpaired) electrons. The Morgan fingerprint density at radius 3 is 2.71 bits per heavy atom. The Hall–Kier alpha value is -0.670. The van der Waals surface area contributed by atoms with Gasteiger partial charge in [0.1, 0.15) is 6.04 Å². The fourth-order valence-corrected chi connectivity index (χ4v) is 4.17. The van der Waals surface area contributed by atoms with Gasteiger partial charge < -0.3 is 14.5 Å². The zero-order valence-electron chi connectivity index (χ0n) is 11.6. The third-order valence-electron chi connectivity index (χ3n) is 3.94. The Labute approximate surface area is 141 Å². The number of rotatable bonds is 2. The lowest BCUT2D eigenvalue weighted by molar-refractivity contribution is -0.139. The standard InChI is InChI=1S/C14H17IN2O3S/c15-12-8-10(9-21-12)13(18)17-3-1-2-11(17)14(19)16-4-6-20-7-5-16/h8-9,11H,1-7H2. The van der Waals surface area contributed by atoms with Gasteiger partial charge in [-0.1, -0.05) is 0 Å². The summed E-state index contributed by atoms with van der Waals surface area (Å²) in [5.74, 6) is 0.0624. The normalized spacial score (nSPS) is 22.6. The minimum atomic E-state index is -0.298. The summed E-state index contributed by atoms with van der Waals surface area (Å²) in [6, 6.07) is 1.59. The molecular formula is C14H17IN2O3S. The van der Waals surface area contributed by atoms with Crippen LogP contribution in [0.4, 0.5) is 0 Å². The molecule has 1 aromatic heterocycles. The molecule has 3 heterocycles. The van der Waals surface area contributed by atoms with Gasteiger partial charge in [0.05, 0.1) is 21.7 Å². The summed E-state index contributed by atoms with van der Waals surface area (Å²) in [5.41, 5.74) is 0.700. The summed E-state index contributed by atoms with van der Waals surface area (Å²) < 4.78 is 6.37. The summed E-state index contributed by atoms with van der Waals surface area (Å²) >= 11 is 3.77. The average Bonchev–Trinajstić information content (AvgIpc) is 3.15. The first-order chi connectivity index (χ1) is 10.2. The van der Waals surface area contributed by atoms with Crippen LogP contribution in [0.15, 0.2) is 11.4 Å². The van der Waals surface area contributed by atoms with Crippen molar-refractivity contribution in [3.8, 4) is 0 Å². The van der Waals surface area contributed by atoms with Gasteiger partial charge in [0.2, 0.25) is 5.91 Å². The van der Waals surface area contributed by atoms with Gasteiger partial charge in [-0.15, -0.1) is 11.3 Å². The van der Waals surface area contributed by atoms with Gasteiger partial charge in [-0.3, -0.25) is 9.59 Å². The lowest BCUT2D eigenvalue weighted by Crippen LogP contribution is -2.51. The topological polar surface area (TPSA) is 49.9 Å². The van der Waals surface area contributed by atoms with Crippen molar-refractivity contribution >= 4 is 45.7 Å². The van der Waals surface area contributed by atoms with E-state index in [4.69, 9.17) is 4.74 Å². The Morgan fingerprint density at radius 2 is 2.05 bits per heavy atom. The fourth-order valence-electron chi connectivity index (χ4n) is 2.85. The molecule has 0 bridgehead atoms. The zero-order valence-corrected chi connectivity index (χ0v) is 14.6. The largest absolute Gasteiger partial charge is 0.378 e. The van der Waals surface area contributed by atoms with Crippen molar-refractivity contribution in [3.05, 3.63) is 19.9 Å². The van der Waals surface area contributed by atoms with Crippen LogP contribution in [0, 0.1) is 2.88 Å². The lowest BCUT2D eigenvalue weighted by atomic mass is 10.1. The molecule has 0 aromatic carbocycles. The Bertz CT molecular complexity index is 542. The van der Waals surface area contributed by atoms with Crippen molar-refractivity contribution < 1.29 is 14.3 Å². The SMILES string of the molecule is O=C(C1CCCN1C(=O)c1csc(I)c1)N1CCOCC1. The Kier molecular flexibility index (Phi) is 4.80. The third-order valence-corrected chi connectivity index (χ3v) is 5.72. The highest BCUT2D eigenvalue weighted by atomic mass is 127. The van der Waals surface area contributed by atoms with E-state index >= 15 is 0 Å². The van der Waals surface area contributed by atoms with Crippen LogP contribution in [0.25, 0.3) is 0 Å². The summed E-state index contributed by atoms with van der Waals surface area (Å²) in [7, 11) is 0. The van der Waals surface area contributed by atoms with E-state index < -0.39 is 0 Å². The van der Waals surface area contributed by atoms with Gasteiger partial charge in [0.15, 0.2) is 0 Å². The quantitative estimate of drug-likeness (QED) is 0.686. The molecule has 5 nitrogen and oxygen atoms in total. The molecule has 3 rings (SSSR count). The number of carbonyl (C=O) groups excluding carboxylic acids is 2. The number of likely N-dealkylation sites (tertiary alicyclic amines) is 1. The van der Waals surface area contributed by atoms with Gasteiger partial charge in [-0.25, -0.2) is 0 Å². The molecule has 2 aliphatic rings. The number of morpholine rings is 1. The molecule has 1 aromatic rings. The number of hydrogen-bond acceptors (Lipinski definition) is 4. The van der Waals surface area contributed by atoms with Crippen LogP contribution in [0.5, 0.6) is 0 Å². The van der Waals surface area contributed by atoms with E-state index in [9.17, 15) is 9.59 Å². The number of ether oxygens (including phenoxy) is 1. The maximum Gasteiger partial charge on any atom is 0.255 e. The molecule has 0 aliphatic carbocycles. The molecule has 2 saturated heterocycles. The summed E-state index contributed by atoms with van der Waals surface area (Å²) in [6.45, 7) is 3.12. The van der Waals surface area contributed by atoms with E-state index in [-0.39, 0.29) is 17.9 Å². The summed E-state index contributed by atoms with van der Waals surface area (Å²) in [5, 5.41) is 1.87. The average molecular weight is 420 g/mol. The summed E-state index contributed by atoms with van der Waals surface area (Å²) in [6.07, 6.45) is 1.66. The fraction of sp³-hybridized carbons (Fsp3) is 0.571. The third kappa shape index (κ3) is 3.24. The van der Waals surface area contributed by atoms with Crippen molar-refractivity contribution in [1.82, 2.24) is 9.80 Å². The van der Waals surface area contributed by atoms with Gasteiger partial charge in [-0.2, -0.15) is 0 Å². The molecular weight excluding hydrogens is 403 g/mol. The second-order valence-electron chi connectivity index (χ2n) is 5.23. The smallest absolute Gasteiger partial charge is 0.255 e. The minimum absolute atomic E-state index is 0.0155. The van der Waals surface area contributed by atoms with Gasteiger partial charge >= 0.3 is 0 Å². The van der Waals surface area contributed by atoms with Crippen molar-refractivity contribution in [1.29, 1.82) is 0 Å². The maximum atomic E-state index is 12.6. The summed E-state index contributed by atoms with van der Waals surface area (Å²) in [4.78, 5) is 28.8. The van der Waals surface area contributed by atoms with Crippen molar-refractivity contribution in [2.45, 2.75) is 18.9 Å². The van der Waals surface area contributed by atoms with Gasteiger partial charge in [0, 0.05) is 25.0 Å². The van der Waals surface area contributed by atoms with Crippen LogP contribution in [0.1, 0.15) is 23.2 Å². The molecule has 7 heteroatoms. The van der Waals surface area contributed by atoms with E-state index in [0.29, 0.717) is 38.4 Å². The van der Waals surface area contributed by atoms with E-state index in [0.717, 1.165) is 15.7 Å². The van der Waals surface area contributed by atoms with E-state index in [1.165, 1.54) is 0 Å². The van der Waals surface area contributed by atoms with Crippen LogP contribution in [0.2, 0.25) is 0 Å². The first-order valence-electron chi connectivity index (χ1n) is 7.08. The molecule has 2 amide bonds. The van der Waals surface area contributed by atoms with Crippen molar-refractivity contribution in [2.24, 2.45) is 0 Å². The van der Waals surface area contributed by atoms with Crippen LogP contribution < -0.4 is 0 Å². The number of thiophene rings is 1. The van der Waals surface area contributed by atoms with Gasteiger partial charge in [0.25, 0.3) is 5.91 Å². The molecule has 1 unspecified atom stereocenters. The van der Waals surface area contributed by atoms with Crippen LogP contribution in [-0.4, -0.2) is 60.5 Å². The number of amides is 2. The van der Waals surface area contributed by atoms with Crippen molar-refractivity contribution in [2.75, 3.05) is 32.8 Å². The predicted octanol–water partition coefficient (Wildman–Crippen LogP) is 1.82. The monoisotopic (exact) mass is 420 g/mol. The molecule has 0 N–H and O–H groups in total. The van der Waals surface area contributed by atoms with E-state index in [1.807, 2.05) is 16.3 Å². The van der Waals surface area contributed by atoms with E-state index in [2.05, 4.69) is 22.6 Å². The van der Waals surface area contributed by atoms with Crippen LogP contribution >= 0.6 is 33.9 Å². The highest BCUT2D eigenvalue weighted by Gasteiger charge is 2.37. The second-order valence-corrected chi connectivity index (χ2v) is 8.04. The molecule has 2 aliphatic heterocycles. The molecule has 1 atom stereocenters. The zero-order chi connectivity index (χ0) is 14.8. The Balaban J connectivity index is 1.72. The predicted molar refractivity (Wildman–Crippen MR) is 88.5 cm³/mol. The molecule has 0 spiro atoms. The number of carbonyl (C=O) groups is 2. The second kappa shape index (κ2) is 6.62. The number of hydrogen-bond donors (Lipinski definition) is 0. The number of nitrogens with zero attached hydrogens (tertiary/aromatic N) is 2. The first-order valence-corrected chi connectivity index (χ1v) is 9.04. The van der Waals surface area contributed by atoms with Crippen molar-refractivity contribution in [3.63, 3.8) is 0 Å². The molecule has 114 valence electrons. The number of halogens is 1. The lowest BCUT2D eigenvalue weighted by Gasteiger charge is -2.32. The highest BCUT2D eigenvalue weighted by molar-refractivity contribution is 14.1. The van der Waals surface area contributed by atoms with E-state index in [1.54, 1.807) is 16.2 Å². The first kappa shape index (κ1) is 15.2. The van der Waals surface area contributed by atoms with Crippen LogP contribution in [-0.2, 0) is 9.53 Å². The maximum absolute atomic E-state index is 12.6.